The van der Waals surface area contributed by atoms with E-state index in [1.54, 1.807) is 18.7 Å². The van der Waals surface area contributed by atoms with Crippen molar-refractivity contribution in [3.05, 3.63) is 35.4 Å². The van der Waals surface area contributed by atoms with E-state index in [0.717, 1.165) is 6.42 Å². The van der Waals surface area contributed by atoms with E-state index in [9.17, 15) is 9.90 Å². The molecule has 2 N–H and O–H groups in total. The molecular formula is C17H27NO2S. The van der Waals surface area contributed by atoms with E-state index >= 15 is 0 Å². The number of carbonyl (C=O) groups is 1. The van der Waals surface area contributed by atoms with Crippen LogP contribution in [0.5, 0.6) is 0 Å². The highest BCUT2D eigenvalue weighted by molar-refractivity contribution is 7.98. The van der Waals surface area contributed by atoms with Gasteiger partial charge in [0.05, 0.1) is 5.60 Å². The summed E-state index contributed by atoms with van der Waals surface area (Å²) in [5.41, 5.74) is 1.65. The molecule has 1 aromatic carbocycles. The van der Waals surface area contributed by atoms with Crippen molar-refractivity contribution in [2.24, 2.45) is 0 Å². The highest BCUT2D eigenvalue weighted by Crippen LogP contribution is 2.15. The Kier molecular flexibility index (Phi) is 7.26. The third kappa shape index (κ3) is 7.00. The van der Waals surface area contributed by atoms with Crippen LogP contribution in [0, 0.1) is 0 Å². The molecule has 1 atom stereocenters. The molecular weight excluding hydrogens is 282 g/mol. The Balaban J connectivity index is 2.36. The van der Waals surface area contributed by atoms with Crippen molar-refractivity contribution in [3.8, 4) is 0 Å². The maximum atomic E-state index is 11.8. The molecule has 1 amide bonds. The van der Waals surface area contributed by atoms with Gasteiger partial charge in [-0.2, -0.15) is 11.8 Å². The van der Waals surface area contributed by atoms with Crippen molar-refractivity contribution >= 4 is 17.7 Å². The Hall–Kier alpha value is -1.00. The summed E-state index contributed by atoms with van der Waals surface area (Å²) in [6.45, 7) is 6.39. The monoisotopic (exact) mass is 309 g/mol. The molecule has 0 saturated carbocycles. The van der Waals surface area contributed by atoms with Crippen molar-refractivity contribution in [2.45, 2.75) is 45.1 Å². The molecule has 0 spiro atoms. The van der Waals surface area contributed by atoms with E-state index in [4.69, 9.17) is 0 Å². The second-order valence-corrected chi connectivity index (χ2v) is 6.97. The van der Waals surface area contributed by atoms with Gasteiger partial charge in [0.15, 0.2) is 0 Å². The maximum absolute atomic E-state index is 11.8. The largest absolute Gasteiger partial charge is 0.387 e. The lowest BCUT2D eigenvalue weighted by Crippen LogP contribution is -2.42. The van der Waals surface area contributed by atoms with Gasteiger partial charge in [0.2, 0.25) is 5.91 Å². The zero-order valence-corrected chi connectivity index (χ0v) is 14.3. The Labute approximate surface area is 132 Å². The lowest BCUT2D eigenvalue weighted by Gasteiger charge is -2.22. The lowest BCUT2D eigenvalue weighted by atomic mass is 10.0. The van der Waals surface area contributed by atoms with Gasteiger partial charge in [0, 0.05) is 18.7 Å². The molecule has 0 aliphatic heterocycles. The van der Waals surface area contributed by atoms with E-state index in [0.29, 0.717) is 24.6 Å². The number of thioether (sulfide) groups is 1. The molecule has 0 aliphatic rings. The molecule has 1 rings (SSSR count). The van der Waals surface area contributed by atoms with Gasteiger partial charge >= 0.3 is 0 Å². The summed E-state index contributed by atoms with van der Waals surface area (Å²) in [4.78, 5) is 11.8. The van der Waals surface area contributed by atoms with Gasteiger partial charge in [-0.1, -0.05) is 38.1 Å². The number of benzene rings is 1. The molecule has 3 nitrogen and oxygen atoms in total. The molecule has 21 heavy (non-hydrogen) atoms. The summed E-state index contributed by atoms with van der Waals surface area (Å²) in [7, 11) is 0. The fourth-order valence-electron chi connectivity index (χ4n) is 2.07. The zero-order chi connectivity index (χ0) is 15.9. The maximum Gasteiger partial charge on any atom is 0.220 e. The summed E-state index contributed by atoms with van der Waals surface area (Å²) >= 11 is 1.57. The Morgan fingerprint density at radius 2 is 1.95 bits per heavy atom. The molecule has 4 heteroatoms. The van der Waals surface area contributed by atoms with E-state index in [1.165, 1.54) is 11.1 Å². The molecule has 0 aromatic heterocycles. The average molecular weight is 309 g/mol. The first kappa shape index (κ1) is 18.1. The Morgan fingerprint density at radius 3 is 2.48 bits per heavy atom. The average Bonchev–Trinajstić information content (AvgIpc) is 2.43. The normalized spacial score (nSPS) is 14.0. The molecule has 1 unspecified atom stereocenters. The van der Waals surface area contributed by atoms with E-state index in [1.807, 2.05) is 6.26 Å². The quantitative estimate of drug-likeness (QED) is 0.776. The van der Waals surface area contributed by atoms with Crippen LogP contribution in [0.15, 0.2) is 24.3 Å². The second kappa shape index (κ2) is 8.44. The predicted molar refractivity (Wildman–Crippen MR) is 90.9 cm³/mol. The van der Waals surface area contributed by atoms with Crippen molar-refractivity contribution in [1.82, 2.24) is 5.32 Å². The number of aliphatic hydroxyl groups is 1. The van der Waals surface area contributed by atoms with E-state index in [2.05, 4.69) is 43.4 Å². The SMILES string of the molecule is CSCC(C)(O)CNC(=O)CCc1ccc(C(C)C)cc1. The van der Waals surface area contributed by atoms with Crippen molar-refractivity contribution < 1.29 is 9.90 Å². The summed E-state index contributed by atoms with van der Waals surface area (Å²) < 4.78 is 0. The number of amides is 1. The van der Waals surface area contributed by atoms with Crippen LogP contribution >= 0.6 is 11.8 Å². The molecule has 0 aliphatic carbocycles. The first-order valence-electron chi connectivity index (χ1n) is 7.41. The molecule has 0 heterocycles. The third-order valence-electron chi connectivity index (χ3n) is 3.41. The van der Waals surface area contributed by atoms with Crippen molar-refractivity contribution in [2.75, 3.05) is 18.6 Å². The van der Waals surface area contributed by atoms with Crippen LogP contribution in [0.1, 0.15) is 44.2 Å². The number of aryl methyl sites for hydroxylation is 1. The standard InChI is InChI=1S/C17H27NO2S/c1-13(2)15-8-5-14(6-9-15)7-10-16(19)18-11-17(3,20)12-21-4/h5-6,8-9,13,20H,7,10-12H2,1-4H3,(H,18,19). The summed E-state index contributed by atoms with van der Waals surface area (Å²) in [5.74, 6) is 1.13. The first-order valence-corrected chi connectivity index (χ1v) is 8.80. The van der Waals surface area contributed by atoms with Crippen LogP contribution in [0.3, 0.4) is 0 Å². The summed E-state index contributed by atoms with van der Waals surface area (Å²) in [6.07, 6.45) is 3.13. The predicted octanol–water partition coefficient (Wildman–Crippen LogP) is 2.97. The van der Waals surface area contributed by atoms with Gasteiger partial charge in [-0.05, 0) is 36.6 Å². The molecule has 0 saturated heterocycles. The molecule has 0 bridgehead atoms. The van der Waals surface area contributed by atoms with Crippen LogP contribution in [-0.4, -0.2) is 35.2 Å². The Bertz CT molecular complexity index is 441. The fourth-order valence-corrected chi connectivity index (χ4v) is 2.79. The molecule has 118 valence electrons. The minimum atomic E-state index is -0.839. The molecule has 0 radical (unpaired) electrons. The number of nitrogens with one attached hydrogen (secondary N) is 1. The minimum absolute atomic E-state index is 0.00989. The van der Waals surface area contributed by atoms with Crippen LogP contribution in [0.25, 0.3) is 0 Å². The van der Waals surface area contributed by atoms with Gasteiger partial charge < -0.3 is 10.4 Å². The number of hydrogen-bond acceptors (Lipinski definition) is 3. The van der Waals surface area contributed by atoms with E-state index < -0.39 is 5.60 Å². The van der Waals surface area contributed by atoms with Gasteiger partial charge in [0.1, 0.15) is 0 Å². The number of carbonyl (C=O) groups excluding carboxylic acids is 1. The lowest BCUT2D eigenvalue weighted by molar-refractivity contribution is -0.122. The minimum Gasteiger partial charge on any atom is -0.387 e. The van der Waals surface area contributed by atoms with Crippen molar-refractivity contribution in [1.29, 1.82) is 0 Å². The van der Waals surface area contributed by atoms with Gasteiger partial charge in [-0.3, -0.25) is 4.79 Å². The second-order valence-electron chi connectivity index (χ2n) is 6.10. The zero-order valence-electron chi connectivity index (χ0n) is 13.5. The van der Waals surface area contributed by atoms with Crippen LogP contribution in [0.4, 0.5) is 0 Å². The van der Waals surface area contributed by atoms with E-state index in [-0.39, 0.29) is 5.91 Å². The fraction of sp³-hybridized carbons (Fsp3) is 0.588. The number of hydrogen-bond donors (Lipinski definition) is 2. The van der Waals surface area contributed by atoms with Crippen LogP contribution in [0.2, 0.25) is 0 Å². The van der Waals surface area contributed by atoms with Gasteiger partial charge in [-0.15, -0.1) is 0 Å². The van der Waals surface area contributed by atoms with Crippen LogP contribution < -0.4 is 5.32 Å². The molecule has 0 fully saturated rings. The van der Waals surface area contributed by atoms with Crippen LogP contribution in [-0.2, 0) is 11.2 Å². The van der Waals surface area contributed by atoms with Gasteiger partial charge in [-0.25, -0.2) is 0 Å². The highest BCUT2D eigenvalue weighted by atomic mass is 32.2. The first-order chi connectivity index (χ1) is 9.84. The molecule has 1 aromatic rings. The third-order valence-corrected chi connectivity index (χ3v) is 4.32. The topological polar surface area (TPSA) is 49.3 Å². The summed E-state index contributed by atoms with van der Waals surface area (Å²) in [6, 6.07) is 8.43. The highest BCUT2D eigenvalue weighted by Gasteiger charge is 2.20. The summed E-state index contributed by atoms with van der Waals surface area (Å²) in [5, 5.41) is 12.8. The Morgan fingerprint density at radius 1 is 1.33 bits per heavy atom. The van der Waals surface area contributed by atoms with Crippen molar-refractivity contribution in [3.63, 3.8) is 0 Å². The number of rotatable bonds is 8. The van der Waals surface area contributed by atoms with Gasteiger partial charge in [0.25, 0.3) is 0 Å². The smallest absolute Gasteiger partial charge is 0.220 e.